The maximum absolute atomic E-state index is 13.6. The number of hydrogen-bond acceptors (Lipinski definition) is 4. The highest BCUT2D eigenvalue weighted by molar-refractivity contribution is 5.69. The predicted molar refractivity (Wildman–Crippen MR) is 131 cm³/mol. The smallest absolute Gasteiger partial charge is 0.306 e. The standard InChI is InChI=1S/C28H41F5O4/c1-2-3-4-5-6-7-10-13-16-19-36-22(34)17-14-11-8-9-12-15-18-23(35)37-20-21-24(29)26(31)28(33)27(32)25(21)30/h2-20H2,1H3. The van der Waals surface area contributed by atoms with E-state index in [2.05, 4.69) is 11.7 Å². The number of esters is 2. The summed E-state index contributed by atoms with van der Waals surface area (Å²) in [5, 5.41) is 0. The van der Waals surface area contributed by atoms with Crippen molar-refractivity contribution in [3.05, 3.63) is 34.6 Å². The molecular formula is C28H41F5O4. The van der Waals surface area contributed by atoms with Gasteiger partial charge in [0.2, 0.25) is 5.82 Å². The van der Waals surface area contributed by atoms with Crippen molar-refractivity contribution in [2.24, 2.45) is 0 Å². The lowest BCUT2D eigenvalue weighted by molar-refractivity contribution is -0.145. The summed E-state index contributed by atoms with van der Waals surface area (Å²) in [6.07, 6.45) is 15.8. The van der Waals surface area contributed by atoms with Gasteiger partial charge in [-0.3, -0.25) is 9.59 Å². The largest absolute Gasteiger partial charge is 0.466 e. The summed E-state index contributed by atoms with van der Waals surface area (Å²) in [5.41, 5.74) is -1.17. The van der Waals surface area contributed by atoms with E-state index >= 15 is 0 Å². The van der Waals surface area contributed by atoms with E-state index in [9.17, 15) is 31.5 Å². The van der Waals surface area contributed by atoms with E-state index in [0.717, 1.165) is 38.5 Å². The second kappa shape index (κ2) is 19.9. The molecule has 1 aromatic rings. The molecule has 0 radical (unpaired) electrons. The molecule has 0 aliphatic rings. The summed E-state index contributed by atoms with van der Waals surface area (Å²) < 4.78 is 76.4. The summed E-state index contributed by atoms with van der Waals surface area (Å²) in [6.45, 7) is 1.67. The Hall–Kier alpha value is -2.19. The highest BCUT2D eigenvalue weighted by atomic mass is 19.2. The van der Waals surface area contributed by atoms with Gasteiger partial charge in [0.15, 0.2) is 23.3 Å². The molecule has 9 heteroatoms. The molecule has 0 amide bonds. The Morgan fingerprint density at radius 1 is 0.514 bits per heavy atom. The monoisotopic (exact) mass is 536 g/mol. The number of unbranched alkanes of at least 4 members (excludes halogenated alkanes) is 13. The van der Waals surface area contributed by atoms with Crippen LogP contribution in [0.1, 0.15) is 122 Å². The molecule has 37 heavy (non-hydrogen) atoms. The van der Waals surface area contributed by atoms with Crippen LogP contribution in [0.25, 0.3) is 0 Å². The Morgan fingerprint density at radius 3 is 1.38 bits per heavy atom. The van der Waals surface area contributed by atoms with Gasteiger partial charge in [-0.25, -0.2) is 22.0 Å². The normalized spacial score (nSPS) is 11.1. The number of halogens is 5. The molecule has 0 aliphatic carbocycles. The SMILES string of the molecule is CCCCCCCCCCCOC(=O)CCCCCCCCC(=O)OCc1c(F)c(F)c(F)c(F)c1F. The zero-order chi connectivity index (χ0) is 27.5. The molecule has 0 unspecified atom stereocenters. The van der Waals surface area contributed by atoms with Crippen LogP contribution in [0, 0.1) is 29.1 Å². The lowest BCUT2D eigenvalue weighted by Crippen LogP contribution is -2.11. The van der Waals surface area contributed by atoms with Gasteiger partial charge in [0.1, 0.15) is 6.61 Å². The van der Waals surface area contributed by atoms with Crippen molar-refractivity contribution in [3.63, 3.8) is 0 Å². The van der Waals surface area contributed by atoms with Crippen LogP contribution in [0.3, 0.4) is 0 Å². The third-order valence-corrected chi connectivity index (χ3v) is 6.20. The van der Waals surface area contributed by atoms with Crippen LogP contribution in [-0.4, -0.2) is 18.5 Å². The lowest BCUT2D eigenvalue weighted by Gasteiger charge is -2.09. The lowest BCUT2D eigenvalue weighted by atomic mass is 10.1. The number of rotatable bonds is 21. The third-order valence-electron chi connectivity index (χ3n) is 6.20. The van der Waals surface area contributed by atoms with Crippen molar-refractivity contribution < 1.29 is 41.0 Å². The van der Waals surface area contributed by atoms with E-state index in [4.69, 9.17) is 4.74 Å². The number of carbonyl (C=O) groups is 2. The summed E-state index contributed by atoms with van der Waals surface area (Å²) >= 11 is 0. The Labute approximate surface area is 217 Å². The van der Waals surface area contributed by atoms with Crippen LogP contribution < -0.4 is 0 Å². The van der Waals surface area contributed by atoms with Crippen LogP contribution >= 0.6 is 0 Å². The average molecular weight is 537 g/mol. The second-order valence-corrected chi connectivity index (χ2v) is 9.38. The van der Waals surface area contributed by atoms with Gasteiger partial charge in [-0.05, 0) is 19.3 Å². The Morgan fingerprint density at radius 2 is 0.892 bits per heavy atom. The molecule has 212 valence electrons. The quantitative estimate of drug-likeness (QED) is 0.0519. The van der Waals surface area contributed by atoms with Crippen LogP contribution in [-0.2, 0) is 25.7 Å². The molecule has 0 saturated carbocycles. The molecular weight excluding hydrogens is 495 g/mol. The molecule has 0 fully saturated rings. The molecule has 0 atom stereocenters. The fourth-order valence-electron chi connectivity index (χ4n) is 3.92. The van der Waals surface area contributed by atoms with Crippen molar-refractivity contribution >= 4 is 11.9 Å². The van der Waals surface area contributed by atoms with E-state index in [1.165, 1.54) is 44.9 Å². The summed E-state index contributed by atoms with van der Waals surface area (Å²) in [4.78, 5) is 23.5. The fraction of sp³-hybridized carbons (Fsp3) is 0.714. The zero-order valence-electron chi connectivity index (χ0n) is 22.0. The van der Waals surface area contributed by atoms with Gasteiger partial charge in [0.25, 0.3) is 0 Å². The number of ether oxygens (including phenoxy) is 2. The first kappa shape index (κ1) is 32.8. The molecule has 0 heterocycles. The van der Waals surface area contributed by atoms with Gasteiger partial charge in [-0.15, -0.1) is 0 Å². The van der Waals surface area contributed by atoms with Gasteiger partial charge in [-0.1, -0.05) is 84.0 Å². The number of hydrogen-bond donors (Lipinski definition) is 0. The minimum atomic E-state index is -2.25. The summed E-state index contributed by atoms with van der Waals surface area (Å²) in [6, 6.07) is 0. The van der Waals surface area contributed by atoms with Gasteiger partial charge in [-0.2, -0.15) is 0 Å². The van der Waals surface area contributed by atoms with Crippen molar-refractivity contribution in [2.75, 3.05) is 6.61 Å². The minimum absolute atomic E-state index is 0.0272. The van der Waals surface area contributed by atoms with E-state index < -0.39 is 47.2 Å². The molecule has 1 aromatic carbocycles. The molecule has 0 saturated heterocycles. The summed E-state index contributed by atoms with van der Waals surface area (Å²) in [5.74, 6) is -11.4. The van der Waals surface area contributed by atoms with Crippen LogP contribution in [0.2, 0.25) is 0 Å². The van der Waals surface area contributed by atoms with Crippen LogP contribution in [0.15, 0.2) is 0 Å². The van der Waals surface area contributed by atoms with Gasteiger partial charge in [0, 0.05) is 12.8 Å². The van der Waals surface area contributed by atoms with E-state index in [1.807, 2.05) is 0 Å². The topological polar surface area (TPSA) is 52.6 Å². The maximum Gasteiger partial charge on any atom is 0.306 e. The number of carbonyl (C=O) groups excluding carboxylic acids is 2. The number of benzene rings is 1. The van der Waals surface area contributed by atoms with Crippen molar-refractivity contribution in [2.45, 2.75) is 123 Å². The highest BCUT2D eigenvalue weighted by Crippen LogP contribution is 2.24. The van der Waals surface area contributed by atoms with Crippen molar-refractivity contribution in [1.29, 1.82) is 0 Å². The van der Waals surface area contributed by atoms with Crippen molar-refractivity contribution in [3.8, 4) is 0 Å². The predicted octanol–water partition coefficient (Wildman–Crippen LogP) is 8.62. The van der Waals surface area contributed by atoms with Gasteiger partial charge >= 0.3 is 11.9 Å². The van der Waals surface area contributed by atoms with Gasteiger partial charge in [0.05, 0.1) is 12.2 Å². The molecule has 1 rings (SSSR count). The maximum atomic E-state index is 13.6. The Kier molecular flexibility index (Phi) is 17.6. The minimum Gasteiger partial charge on any atom is -0.466 e. The van der Waals surface area contributed by atoms with E-state index in [0.29, 0.717) is 25.9 Å². The zero-order valence-corrected chi connectivity index (χ0v) is 22.0. The second-order valence-electron chi connectivity index (χ2n) is 9.38. The van der Waals surface area contributed by atoms with Crippen LogP contribution in [0.4, 0.5) is 22.0 Å². The van der Waals surface area contributed by atoms with E-state index in [-0.39, 0.29) is 12.4 Å². The van der Waals surface area contributed by atoms with Crippen molar-refractivity contribution in [1.82, 2.24) is 0 Å². The first-order valence-corrected chi connectivity index (χ1v) is 13.6. The van der Waals surface area contributed by atoms with Crippen LogP contribution in [0.5, 0.6) is 0 Å². The highest BCUT2D eigenvalue weighted by Gasteiger charge is 2.26. The van der Waals surface area contributed by atoms with Gasteiger partial charge < -0.3 is 9.47 Å². The molecule has 0 spiro atoms. The Bertz CT molecular complexity index is 787. The summed E-state index contributed by atoms with van der Waals surface area (Å²) in [7, 11) is 0. The average Bonchev–Trinajstić information content (AvgIpc) is 2.88. The molecule has 0 N–H and O–H groups in total. The molecule has 0 aliphatic heterocycles. The molecule has 4 nitrogen and oxygen atoms in total. The Balaban J connectivity index is 1.98. The molecule has 0 aromatic heterocycles. The van der Waals surface area contributed by atoms with E-state index in [1.54, 1.807) is 0 Å². The first-order chi connectivity index (χ1) is 17.8. The third kappa shape index (κ3) is 13.8. The fourth-order valence-corrected chi connectivity index (χ4v) is 3.92. The first-order valence-electron chi connectivity index (χ1n) is 13.6. The molecule has 0 bridgehead atoms.